The molecule has 2 aromatic rings. The Hall–Kier alpha value is -1.81. The Kier molecular flexibility index (Phi) is 4.55. The van der Waals surface area contributed by atoms with Gasteiger partial charge in [0.1, 0.15) is 5.82 Å². The summed E-state index contributed by atoms with van der Waals surface area (Å²) in [5, 5.41) is 0. The van der Waals surface area contributed by atoms with Crippen LogP contribution in [0.25, 0.3) is 0 Å². The second-order valence-corrected chi connectivity index (χ2v) is 5.92. The predicted octanol–water partition coefficient (Wildman–Crippen LogP) is 2.63. The maximum atomic E-state index is 4.27. The standard InChI is InChI=1S/C17H22N4/c1-14-19-11-17(12-20-14)13-21-8-4-16(5-9-21)10-15-2-6-18-7-3-15/h2-3,6-7,11-12,16H,4-5,8-10,13H2,1H3. The molecule has 1 saturated heterocycles. The van der Waals surface area contributed by atoms with Crippen molar-refractivity contribution in [3.8, 4) is 0 Å². The first-order valence-electron chi connectivity index (χ1n) is 7.68. The minimum absolute atomic E-state index is 0.804. The van der Waals surface area contributed by atoms with Gasteiger partial charge in [0.05, 0.1) is 0 Å². The summed E-state index contributed by atoms with van der Waals surface area (Å²) >= 11 is 0. The van der Waals surface area contributed by atoms with Gasteiger partial charge in [-0.05, 0) is 62.9 Å². The zero-order chi connectivity index (χ0) is 14.5. The topological polar surface area (TPSA) is 41.9 Å². The van der Waals surface area contributed by atoms with Crippen molar-refractivity contribution in [3.63, 3.8) is 0 Å². The van der Waals surface area contributed by atoms with Crippen LogP contribution in [0.2, 0.25) is 0 Å². The van der Waals surface area contributed by atoms with Gasteiger partial charge in [-0.3, -0.25) is 9.88 Å². The Balaban J connectivity index is 1.47. The zero-order valence-corrected chi connectivity index (χ0v) is 12.6. The number of hydrogen-bond donors (Lipinski definition) is 0. The van der Waals surface area contributed by atoms with Gasteiger partial charge >= 0.3 is 0 Å². The van der Waals surface area contributed by atoms with Gasteiger partial charge in [0, 0.05) is 36.9 Å². The van der Waals surface area contributed by atoms with Crippen LogP contribution in [0.3, 0.4) is 0 Å². The third-order valence-electron chi connectivity index (χ3n) is 4.22. The lowest BCUT2D eigenvalue weighted by Gasteiger charge is -2.31. The monoisotopic (exact) mass is 282 g/mol. The molecule has 2 aromatic heterocycles. The summed E-state index contributed by atoms with van der Waals surface area (Å²) in [6, 6.07) is 4.27. The predicted molar refractivity (Wildman–Crippen MR) is 82.7 cm³/mol. The van der Waals surface area contributed by atoms with Crippen LogP contribution in [0.4, 0.5) is 0 Å². The molecule has 21 heavy (non-hydrogen) atoms. The van der Waals surface area contributed by atoms with Crippen LogP contribution < -0.4 is 0 Å². The molecule has 110 valence electrons. The Labute approximate surface area is 126 Å². The fourth-order valence-electron chi connectivity index (χ4n) is 2.96. The van der Waals surface area contributed by atoms with Gasteiger partial charge < -0.3 is 0 Å². The van der Waals surface area contributed by atoms with Crippen molar-refractivity contribution in [2.45, 2.75) is 32.7 Å². The average Bonchev–Trinajstić information content (AvgIpc) is 2.53. The molecule has 0 unspecified atom stereocenters. The zero-order valence-electron chi connectivity index (χ0n) is 12.6. The SMILES string of the molecule is Cc1ncc(CN2CCC(Cc3ccncc3)CC2)cn1. The lowest BCUT2D eigenvalue weighted by atomic mass is 9.90. The normalized spacial score (nSPS) is 17.0. The van der Waals surface area contributed by atoms with E-state index in [4.69, 9.17) is 0 Å². The molecule has 0 aromatic carbocycles. The molecule has 0 aliphatic carbocycles. The van der Waals surface area contributed by atoms with Crippen LogP contribution in [-0.4, -0.2) is 32.9 Å². The molecule has 0 atom stereocenters. The highest BCUT2D eigenvalue weighted by atomic mass is 15.1. The molecule has 4 nitrogen and oxygen atoms in total. The van der Waals surface area contributed by atoms with Crippen molar-refractivity contribution in [2.75, 3.05) is 13.1 Å². The van der Waals surface area contributed by atoms with Gasteiger partial charge in [-0.25, -0.2) is 9.97 Å². The van der Waals surface area contributed by atoms with E-state index in [-0.39, 0.29) is 0 Å². The molecular formula is C17H22N4. The molecule has 1 aliphatic rings. The van der Waals surface area contributed by atoms with Crippen LogP contribution in [0.1, 0.15) is 29.8 Å². The molecule has 0 spiro atoms. The highest BCUT2D eigenvalue weighted by molar-refractivity contribution is 5.11. The average molecular weight is 282 g/mol. The minimum Gasteiger partial charge on any atom is -0.299 e. The van der Waals surface area contributed by atoms with Gasteiger partial charge in [-0.1, -0.05) is 0 Å². The van der Waals surface area contributed by atoms with E-state index >= 15 is 0 Å². The summed E-state index contributed by atoms with van der Waals surface area (Å²) in [4.78, 5) is 15.1. The molecular weight excluding hydrogens is 260 g/mol. The van der Waals surface area contributed by atoms with Gasteiger partial charge in [-0.15, -0.1) is 0 Å². The van der Waals surface area contributed by atoms with E-state index in [0.717, 1.165) is 18.3 Å². The minimum atomic E-state index is 0.804. The number of aryl methyl sites for hydroxylation is 1. The van der Waals surface area contributed by atoms with E-state index in [1.165, 1.54) is 43.5 Å². The highest BCUT2D eigenvalue weighted by Crippen LogP contribution is 2.22. The van der Waals surface area contributed by atoms with E-state index in [9.17, 15) is 0 Å². The van der Waals surface area contributed by atoms with Crippen LogP contribution >= 0.6 is 0 Å². The van der Waals surface area contributed by atoms with E-state index in [0.29, 0.717) is 0 Å². The Morgan fingerprint density at radius 1 is 1.05 bits per heavy atom. The number of nitrogens with zero attached hydrogens (tertiary/aromatic N) is 4. The first-order chi connectivity index (χ1) is 10.3. The fraction of sp³-hybridized carbons (Fsp3) is 0.471. The third-order valence-corrected chi connectivity index (χ3v) is 4.22. The second-order valence-electron chi connectivity index (χ2n) is 5.92. The molecule has 0 saturated carbocycles. The number of aromatic nitrogens is 3. The van der Waals surface area contributed by atoms with Crippen molar-refractivity contribution in [1.29, 1.82) is 0 Å². The van der Waals surface area contributed by atoms with Crippen LogP contribution in [-0.2, 0) is 13.0 Å². The summed E-state index contributed by atoms with van der Waals surface area (Å²) < 4.78 is 0. The molecule has 1 aliphatic heterocycles. The lowest BCUT2D eigenvalue weighted by Crippen LogP contribution is -2.33. The molecule has 3 heterocycles. The maximum Gasteiger partial charge on any atom is 0.125 e. The number of pyridine rings is 1. The number of hydrogen-bond acceptors (Lipinski definition) is 4. The Bertz CT molecular complexity index is 545. The summed E-state index contributed by atoms with van der Waals surface area (Å²) in [5.74, 6) is 1.65. The molecule has 0 radical (unpaired) electrons. The third kappa shape index (κ3) is 4.08. The van der Waals surface area contributed by atoms with Crippen LogP contribution in [0, 0.1) is 12.8 Å². The molecule has 3 rings (SSSR count). The Morgan fingerprint density at radius 2 is 1.71 bits per heavy atom. The van der Waals surface area contributed by atoms with Crippen LogP contribution in [0.5, 0.6) is 0 Å². The van der Waals surface area contributed by atoms with E-state index in [1.54, 1.807) is 0 Å². The van der Waals surface area contributed by atoms with Crippen LogP contribution in [0.15, 0.2) is 36.9 Å². The quantitative estimate of drug-likeness (QED) is 0.864. The van der Waals surface area contributed by atoms with E-state index in [2.05, 4.69) is 32.0 Å². The van der Waals surface area contributed by atoms with Gasteiger partial charge in [-0.2, -0.15) is 0 Å². The fourth-order valence-corrected chi connectivity index (χ4v) is 2.96. The van der Waals surface area contributed by atoms with Crippen molar-refractivity contribution < 1.29 is 0 Å². The summed E-state index contributed by atoms with van der Waals surface area (Å²) in [7, 11) is 0. The largest absolute Gasteiger partial charge is 0.299 e. The summed E-state index contributed by atoms with van der Waals surface area (Å²) in [6.45, 7) is 5.24. The summed E-state index contributed by atoms with van der Waals surface area (Å²) in [5.41, 5.74) is 2.63. The smallest absolute Gasteiger partial charge is 0.125 e. The van der Waals surface area contributed by atoms with E-state index in [1.807, 2.05) is 31.7 Å². The van der Waals surface area contributed by atoms with Crippen molar-refractivity contribution >= 4 is 0 Å². The first-order valence-corrected chi connectivity index (χ1v) is 7.68. The number of rotatable bonds is 4. The van der Waals surface area contributed by atoms with Crippen molar-refractivity contribution in [3.05, 3.63) is 53.9 Å². The first kappa shape index (κ1) is 14.1. The van der Waals surface area contributed by atoms with Gasteiger partial charge in [0.15, 0.2) is 0 Å². The van der Waals surface area contributed by atoms with Gasteiger partial charge in [0.25, 0.3) is 0 Å². The Morgan fingerprint density at radius 3 is 2.38 bits per heavy atom. The molecule has 4 heteroatoms. The highest BCUT2D eigenvalue weighted by Gasteiger charge is 2.19. The molecule has 0 bridgehead atoms. The number of piperidine rings is 1. The molecule has 0 N–H and O–H groups in total. The van der Waals surface area contributed by atoms with Crippen molar-refractivity contribution in [1.82, 2.24) is 19.9 Å². The summed E-state index contributed by atoms with van der Waals surface area (Å²) in [6.07, 6.45) is 11.4. The maximum absolute atomic E-state index is 4.27. The molecule has 0 amide bonds. The molecule has 1 fully saturated rings. The second kappa shape index (κ2) is 6.76. The van der Waals surface area contributed by atoms with E-state index < -0.39 is 0 Å². The lowest BCUT2D eigenvalue weighted by molar-refractivity contribution is 0.176. The number of likely N-dealkylation sites (tertiary alicyclic amines) is 1. The van der Waals surface area contributed by atoms with Crippen molar-refractivity contribution in [2.24, 2.45) is 5.92 Å². The van der Waals surface area contributed by atoms with Gasteiger partial charge in [0.2, 0.25) is 0 Å².